The van der Waals surface area contributed by atoms with Crippen molar-refractivity contribution in [2.75, 3.05) is 13.7 Å². The first kappa shape index (κ1) is 16.9. The molecule has 0 radical (unpaired) electrons. The molecule has 1 N–H and O–H groups in total. The number of carbonyl (C=O) groups is 1. The molecule has 0 unspecified atom stereocenters. The molecule has 4 nitrogen and oxygen atoms in total. The molecule has 4 heteroatoms. The number of rotatable bonds is 6. The predicted octanol–water partition coefficient (Wildman–Crippen LogP) is 3.44. The second-order valence-corrected chi connectivity index (χ2v) is 5.84. The fraction of sp³-hybridized carbons (Fsp3) is 0.316. The zero-order chi connectivity index (χ0) is 16.8. The van der Waals surface area contributed by atoms with Gasteiger partial charge in [0.15, 0.2) is 0 Å². The van der Waals surface area contributed by atoms with E-state index in [0.717, 1.165) is 22.4 Å². The summed E-state index contributed by atoms with van der Waals surface area (Å²) in [6.07, 6.45) is 0.335. The number of hydrogen-bond acceptors (Lipinski definition) is 3. The molecule has 23 heavy (non-hydrogen) atoms. The highest BCUT2D eigenvalue weighted by molar-refractivity contribution is 5.76. The maximum Gasteiger partial charge on any atom is 0.226 e. The van der Waals surface area contributed by atoms with E-state index in [1.165, 1.54) is 0 Å². The van der Waals surface area contributed by atoms with E-state index in [4.69, 9.17) is 4.74 Å². The zero-order valence-corrected chi connectivity index (χ0v) is 13.9. The number of amides is 1. The minimum absolute atomic E-state index is 0.0300. The Morgan fingerprint density at radius 1 is 1.09 bits per heavy atom. The van der Waals surface area contributed by atoms with Gasteiger partial charge in [-0.05, 0) is 54.8 Å². The van der Waals surface area contributed by atoms with Crippen LogP contribution in [-0.2, 0) is 11.3 Å². The number of aromatic hydroxyl groups is 1. The molecule has 2 aromatic carbocycles. The summed E-state index contributed by atoms with van der Waals surface area (Å²) in [6, 6.07) is 12.9. The van der Waals surface area contributed by atoms with E-state index in [2.05, 4.69) is 6.07 Å². The lowest BCUT2D eigenvalue weighted by Crippen LogP contribution is -2.27. The monoisotopic (exact) mass is 313 g/mol. The van der Waals surface area contributed by atoms with Gasteiger partial charge in [-0.3, -0.25) is 4.79 Å². The predicted molar refractivity (Wildman–Crippen MR) is 90.6 cm³/mol. The van der Waals surface area contributed by atoms with Crippen molar-refractivity contribution in [2.24, 2.45) is 0 Å². The van der Waals surface area contributed by atoms with Gasteiger partial charge in [0, 0.05) is 13.6 Å². The van der Waals surface area contributed by atoms with Crippen LogP contribution >= 0.6 is 0 Å². The first-order valence-electron chi connectivity index (χ1n) is 7.67. The largest absolute Gasteiger partial charge is 0.508 e. The average Bonchev–Trinajstić information content (AvgIpc) is 2.48. The van der Waals surface area contributed by atoms with Crippen molar-refractivity contribution in [3.8, 4) is 11.5 Å². The number of ether oxygens (including phenoxy) is 1. The lowest BCUT2D eigenvalue weighted by molar-refractivity contribution is -0.130. The van der Waals surface area contributed by atoms with Crippen molar-refractivity contribution in [2.45, 2.75) is 26.8 Å². The molecule has 1 amide bonds. The van der Waals surface area contributed by atoms with Crippen molar-refractivity contribution in [3.63, 3.8) is 0 Å². The molecule has 0 aliphatic heterocycles. The third-order valence-electron chi connectivity index (χ3n) is 3.56. The molecular formula is C19H23NO3. The van der Waals surface area contributed by atoms with Crippen LogP contribution in [0.15, 0.2) is 42.5 Å². The Morgan fingerprint density at radius 2 is 1.70 bits per heavy atom. The van der Waals surface area contributed by atoms with Crippen LogP contribution in [0.5, 0.6) is 11.5 Å². The summed E-state index contributed by atoms with van der Waals surface area (Å²) >= 11 is 0. The molecule has 0 fully saturated rings. The van der Waals surface area contributed by atoms with Crippen LogP contribution in [0, 0.1) is 13.8 Å². The standard InChI is InChI=1S/C19H23NO3/c1-14-10-15(2)12-18(11-14)23-9-8-19(22)20(3)13-16-4-6-17(21)7-5-16/h4-7,10-12,21H,8-9,13H2,1-3H3. The molecule has 0 aliphatic carbocycles. The molecule has 0 saturated heterocycles. The summed E-state index contributed by atoms with van der Waals surface area (Å²) in [4.78, 5) is 13.8. The summed E-state index contributed by atoms with van der Waals surface area (Å²) in [5.74, 6) is 1.06. The lowest BCUT2D eigenvalue weighted by Gasteiger charge is -2.17. The fourth-order valence-corrected chi connectivity index (χ4v) is 2.43. The molecule has 0 aromatic heterocycles. The summed E-state index contributed by atoms with van der Waals surface area (Å²) in [5.41, 5.74) is 3.28. The number of carbonyl (C=O) groups excluding carboxylic acids is 1. The van der Waals surface area contributed by atoms with Gasteiger partial charge in [0.2, 0.25) is 5.91 Å². The Kier molecular flexibility index (Phi) is 5.63. The molecule has 122 valence electrons. The Bertz CT molecular complexity index is 645. The van der Waals surface area contributed by atoms with E-state index in [-0.39, 0.29) is 11.7 Å². The third kappa shape index (κ3) is 5.33. The Hall–Kier alpha value is -2.49. The van der Waals surface area contributed by atoms with Crippen LogP contribution in [0.25, 0.3) is 0 Å². The quantitative estimate of drug-likeness (QED) is 0.889. The van der Waals surface area contributed by atoms with Crippen LogP contribution in [0.4, 0.5) is 0 Å². The molecule has 2 rings (SSSR count). The second kappa shape index (κ2) is 7.68. The highest BCUT2D eigenvalue weighted by atomic mass is 16.5. The second-order valence-electron chi connectivity index (χ2n) is 5.84. The first-order valence-corrected chi connectivity index (χ1v) is 7.67. The minimum atomic E-state index is 0.0300. The van der Waals surface area contributed by atoms with Gasteiger partial charge in [-0.25, -0.2) is 0 Å². The van der Waals surface area contributed by atoms with E-state index < -0.39 is 0 Å². The highest BCUT2D eigenvalue weighted by Crippen LogP contribution is 2.16. The smallest absolute Gasteiger partial charge is 0.226 e. The van der Waals surface area contributed by atoms with Gasteiger partial charge in [0.25, 0.3) is 0 Å². The number of nitrogens with zero attached hydrogens (tertiary/aromatic N) is 1. The molecule has 0 aliphatic rings. The normalized spacial score (nSPS) is 10.4. The minimum Gasteiger partial charge on any atom is -0.508 e. The molecule has 0 spiro atoms. The van der Waals surface area contributed by atoms with Crippen molar-refractivity contribution in [1.29, 1.82) is 0 Å². The highest BCUT2D eigenvalue weighted by Gasteiger charge is 2.09. The van der Waals surface area contributed by atoms with Gasteiger partial charge >= 0.3 is 0 Å². The van der Waals surface area contributed by atoms with Gasteiger partial charge in [-0.15, -0.1) is 0 Å². The number of benzene rings is 2. The van der Waals surface area contributed by atoms with Gasteiger partial charge in [-0.1, -0.05) is 18.2 Å². The summed E-state index contributed by atoms with van der Waals surface area (Å²) in [5, 5.41) is 9.27. The van der Waals surface area contributed by atoms with Gasteiger partial charge < -0.3 is 14.7 Å². The van der Waals surface area contributed by atoms with Crippen molar-refractivity contribution in [1.82, 2.24) is 4.90 Å². The number of hydrogen-bond donors (Lipinski definition) is 1. The van der Waals surface area contributed by atoms with Crippen molar-refractivity contribution >= 4 is 5.91 Å². The fourth-order valence-electron chi connectivity index (χ4n) is 2.43. The van der Waals surface area contributed by atoms with Crippen LogP contribution < -0.4 is 4.74 Å². The zero-order valence-electron chi connectivity index (χ0n) is 13.9. The molecule has 0 heterocycles. The Morgan fingerprint density at radius 3 is 2.30 bits per heavy atom. The summed E-state index contributed by atoms with van der Waals surface area (Å²) in [6.45, 7) is 4.93. The number of aryl methyl sites for hydroxylation is 2. The van der Waals surface area contributed by atoms with Crippen LogP contribution in [-0.4, -0.2) is 29.6 Å². The van der Waals surface area contributed by atoms with E-state index in [1.54, 1.807) is 24.1 Å². The number of phenols is 1. The lowest BCUT2D eigenvalue weighted by atomic mass is 10.1. The van der Waals surface area contributed by atoms with Gasteiger partial charge in [0.05, 0.1) is 13.0 Å². The van der Waals surface area contributed by atoms with E-state index in [9.17, 15) is 9.90 Å². The molecule has 0 bridgehead atoms. The number of phenolic OH excluding ortho intramolecular Hbond substituents is 1. The van der Waals surface area contributed by atoms with Crippen molar-refractivity contribution in [3.05, 3.63) is 59.2 Å². The maximum absolute atomic E-state index is 12.1. The Labute approximate surface area is 137 Å². The van der Waals surface area contributed by atoms with E-state index in [1.807, 2.05) is 38.1 Å². The maximum atomic E-state index is 12.1. The Balaban J connectivity index is 1.80. The molecule has 2 aromatic rings. The van der Waals surface area contributed by atoms with E-state index >= 15 is 0 Å². The molecule has 0 saturated carbocycles. The van der Waals surface area contributed by atoms with Gasteiger partial charge in [-0.2, -0.15) is 0 Å². The van der Waals surface area contributed by atoms with Crippen molar-refractivity contribution < 1.29 is 14.6 Å². The van der Waals surface area contributed by atoms with E-state index in [0.29, 0.717) is 19.6 Å². The van der Waals surface area contributed by atoms with Crippen LogP contribution in [0.2, 0.25) is 0 Å². The average molecular weight is 313 g/mol. The van der Waals surface area contributed by atoms with Gasteiger partial charge in [0.1, 0.15) is 11.5 Å². The molecule has 0 atom stereocenters. The van der Waals surface area contributed by atoms with Crippen LogP contribution in [0.1, 0.15) is 23.1 Å². The first-order chi connectivity index (χ1) is 10.9. The third-order valence-corrected chi connectivity index (χ3v) is 3.56. The van der Waals surface area contributed by atoms with Crippen LogP contribution in [0.3, 0.4) is 0 Å². The topological polar surface area (TPSA) is 49.8 Å². The SMILES string of the molecule is Cc1cc(C)cc(OCCC(=O)N(C)Cc2ccc(O)cc2)c1. The summed E-state index contributed by atoms with van der Waals surface area (Å²) in [7, 11) is 1.77. The molecular weight excluding hydrogens is 290 g/mol. The summed E-state index contributed by atoms with van der Waals surface area (Å²) < 4.78 is 5.67.